The van der Waals surface area contributed by atoms with Gasteiger partial charge in [-0.2, -0.15) is 5.10 Å². The lowest BCUT2D eigenvalue weighted by molar-refractivity contribution is 0.483. The zero-order valence-electron chi connectivity index (χ0n) is 14.0. The van der Waals surface area contributed by atoms with E-state index in [-0.39, 0.29) is 21.9 Å². The Morgan fingerprint density at radius 2 is 1.93 bits per heavy atom. The number of benzene rings is 1. The molecule has 0 fully saturated rings. The summed E-state index contributed by atoms with van der Waals surface area (Å²) in [5, 5.41) is 6.24. The van der Waals surface area contributed by atoms with Crippen LogP contribution in [0.2, 0.25) is 0 Å². The third-order valence-electron chi connectivity index (χ3n) is 3.88. The van der Waals surface area contributed by atoms with Crippen molar-refractivity contribution in [2.24, 2.45) is 0 Å². The van der Waals surface area contributed by atoms with E-state index in [1.165, 1.54) is 12.4 Å². The van der Waals surface area contributed by atoms with Gasteiger partial charge in [-0.3, -0.25) is 14.9 Å². The Labute approximate surface area is 159 Å². The van der Waals surface area contributed by atoms with Crippen LogP contribution in [0, 0.1) is 17.5 Å². The second-order valence-electron chi connectivity index (χ2n) is 5.77. The van der Waals surface area contributed by atoms with Gasteiger partial charge in [0.15, 0.2) is 28.3 Å². The largest absolute Gasteiger partial charge is 0.397 e. The number of rotatable bonds is 4. The van der Waals surface area contributed by atoms with Crippen molar-refractivity contribution in [3.05, 3.63) is 70.2 Å². The monoisotopic (exact) mass is 404 g/mol. The van der Waals surface area contributed by atoms with Crippen molar-refractivity contribution in [3.8, 4) is 5.69 Å². The third-order valence-corrected chi connectivity index (χ3v) is 4.89. The summed E-state index contributed by atoms with van der Waals surface area (Å²) >= 11 is 1.01. The number of thioether (sulfide) groups is 1. The molecule has 4 aromatic rings. The van der Waals surface area contributed by atoms with Gasteiger partial charge in [0.2, 0.25) is 0 Å². The van der Waals surface area contributed by atoms with Crippen molar-refractivity contribution in [2.75, 3.05) is 5.73 Å². The third kappa shape index (κ3) is 3.09. The van der Waals surface area contributed by atoms with Crippen molar-refractivity contribution < 1.29 is 13.2 Å². The van der Waals surface area contributed by atoms with Gasteiger partial charge in [0.25, 0.3) is 5.56 Å². The van der Waals surface area contributed by atoms with Crippen LogP contribution in [-0.4, -0.2) is 24.7 Å². The maximum Gasteiger partial charge on any atom is 0.270 e. The smallest absolute Gasteiger partial charge is 0.270 e. The molecule has 0 bridgehead atoms. The van der Waals surface area contributed by atoms with E-state index in [0.29, 0.717) is 21.9 Å². The van der Waals surface area contributed by atoms with Crippen LogP contribution in [0.1, 0.15) is 5.56 Å². The Bertz CT molecular complexity index is 1260. The number of nitrogens with two attached hydrogens (primary N) is 1. The predicted octanol–water partition coefficient (Wildman–Crippen LogP) is 2.80. The standard InChI is InChI=1S/C17H11F3N6OS/c18-11-1-2-12(19)14(13(11)20)26-16(27)10-6-23-25-15(10)24-17(26)28-7-8-3-9(21)5-22-4-8/h1-6H,7,21H2,(H,23,25). The lowest BCUT2D eigenvalue weighted by atomic mass is 10.2. The number of aromatic amines is 1. The fourth-order valence-electron chi connectivity index (χ4n) is 2.62. The lowest BCUT2D eigenvalue weighted by Crippen LogP contribution is -2.24. The zero-order valence-corrected chi connectivity index (χ0v) is 14.8. The van der Waals surface area contributed by atoms with E-state index in [1.807, 2.05) is 0 Å². The number of anilines is 1. The fraction of sp³-hybridized carbons (Fsp3) is 0.0588. The maximum atomic E-state index is 14.4. The number of halogens is 3. The van der Waals surface area contributed by atoms with Gasteiger partial charge in [0.05, 0.1) is 11.9 Å². The molecule has 0 amide bonds. The van der Waals surface area contributed by atoms with Crippen LogP contribution in [0.15, 0.2) is 46.7 Å². The molecule has 0 unspecified atom stereocenters. The molecule has 0 saturated heterocycles. The van der Waals surface area contributed by atoms with Gasteiger partial charge in [0.1, 0.15) is 11.1 Å². The summed E-state index contributed by atoms with van der Waals surface area (Å²) in [5.74, 6) is -3.62. The molecule has 142 valence electrons. The molecular weight excluding hydrogens is 393 g/mol. The minimum Gasteiger partial charge on any atom is -0.397 e. The number of hydrogen-bond donors (Lipinski definition) is 2. The van der Waals surface area contributed by atoms with E-state index in [4.69, 9.17) is 5.73 Å². The van der Waals surface area contributed by atoms with Crippen molar-refractivity contribution in [1.82, 2.24) is 24.7 Å². The molecular formula is C17H11F3N6OS. The molecule has 0 aliphatic heterocycles. The molecule has 0 atom stereocenters. The van der Waals surface area contributed by atoms with Gasteiger partial charge >= 0.3 is 0 Å². The summed E-state index contributed by atoms with van der Waals surface area (Å²) in [4.78, 5) is 21.0. The summed E-state index contributed by atoms with van der Waals surface area (Å²) < 4.78 is 43.2. The first kappa shape index (κ1) is 18.0. The predicted molar refractivity (Wildman–Crippen MR) is 97.6 cm³/mol. The highest BCUT2D eigenvalue weighted by molar-refractivity contribution is 7.98. The van der Waals surface area contributed by atoms with Crippen LogP contribution in [0.5, 0.6) is 0 Å². The number of aromatic nitrogens is 5. The Kier molecular flexibility index (Phi) is 4.51. The van der Waals surface area contributed by atoms with Gasteiger partial charge < -0.3 is 5.73 Å². The number of pyridine rings is 1. The van der Waals surface area contributed by atoms with Crippen LogP contribution in [0.3, 0.4) is 0 Å². The molecule has 0 spiro atoms. The van der Waals surface area contributed by atoms with E-state index in [2.05, 4.69) is 20.2 Å². The van der Waals surface area contributed by atoms with E-state index >= 15 is 0 Å². The first-order valence-corrected chi connectivity index (χ1v) is 8.86. The normalized spacial score (nSPS) is 11.2. The highest BCUT2D eigenvalue weighted by Crippen LogP contribution is 2.27. The van der Waals surface area contributed by atoms with Crippen LogP contribution in [0.25, 0.3) is 16.7 Å². The van der Waals surface area contributed by atoms with Crippen LogP contribution in [-0.2, 0) is 5.75 Å². The topological polar surface area (TPSA) is 102 Å². The SMILES string of the molecule is Nc1cncc(CSc2nc3[nH]ncc3c(=O)n2-c2c(F)ccc(F)c2F)c1. The van der Waals surface area contributed by atoms with E-state index in [9.17, 15) is 18.0 Å². The fourth-order valence-corrected chi connectivity index (χ4v) is 3.54. The number of nitrogens with one attached hydrogen (secondary N) is 1. The number of nitrogen functional groups attached to an aromatic ring is 1. The van der Waals surface area contributed by atoms with Crippen molar-refractivity contribution in [2.45, 2.75) is 10.9 Å². The molecule has 1 aromatic carbocycles. The second-order valence-corrected chi connectivity index (χ2v) is 6.72. The Hall–Kier alpha value is -3.34. The van der Waals surface area contributed by atoms with Crippen LogP contribution in [0.4, 0.5) is 18.9 Å². The molecule has 11 heteroatoms. The molecule has 3 aromatic heterocycles. The zero-order chi connectivity index (χ0) is 19.8. The average molecular weight is 404 g/mol. The number of H-pyrrole nitrogens is 1. The maximum absolute atomic E-state index is 14.4. The average Bonchev–Trinajstić information content (AvgIpc) is 3.14. The second kappa shape index (κ2) is 7.00. The van der Waals surface area contributed by atoms with Gasteiger partial charge in [-0.15, -0.1) is 0 Å². The molecule has 7 nitrogen and oxygen atoms in total. The van der Waals surface area contributed by atoms with Crippen molar-refractivity contribution in [1.29, 1.82) is 0 Å². The molecule has 0 radical (unpaired) electrons. The molecule has 3 heterocycles. The Morgan fingerprint density at radius 1 is 1.14 bits per heavy atom. The van der Waals surface area contributed by atoms with Gasteiger partial charge in [-0.05, 0) is 23.8 Å². The van der Waals surface area contributed by atoms with Crippen LogP contribution >= 0.6 is 11.8 Å². The first-order valence-electron chi connectivity index (χ1n) is 7.88. The van der Waals surface area contributed by atoms with Crippen molar-refractivity contribution >= 4 is 28.5 Å². The summed E-state index contributed by atoms with van der Waals surface area (Å²) in [7, 11) is 0. The van der Waals surface area contributed by atoms with E-state index in [0.717, 1.165) is 17.8 Å². The van der Waals surface area contributed by atoms with E-state index < -0.39 is 28.7 Å². The molecule has 3 N–H and O–H groups in total. The highest BCUT2D eigenvalue weighted by atomic mass is 32.2. The highest BCUT2D eigenvalue weighted by Gasteiger charge is 2.22. The quantitative estimate of drug-likeness (QED) is 0.308. The number of nitrogens with zero attached hydrogens (tertiary/aromatic N) is 4. The minimum absolute atomic E-state index is 0.0121. The minimum atomic E-state index is -1.49. The molecule has 0 aliphatic rings. The summed E-state index contributed by atoms with van der Waals surface area (Å²) in [5.41, 5.74) is 5.36. The Balaban J connectivity index is 1.90. The molecule has 28 heavy (non-hydrogen) atoms. The number of hydrogen-bond acceptors (Lipinski definition) is 6. The lowest BCUT2D eigenvalue weighted by Gasteiger charge is -2.13. The molecule has 0 saturated carbocycles. The Morgan fingerprint density at radius 3 is 2.71 bits per heavy atom. The van der Waals surface area contributed by atoms with Gasteiger partial charge in [-0.1, -0.05) is 11.8 Å². The van der Waals surface area contributed by atoms with Crippen molar-refractivity contribution in [3.63, 3.8) is 0 Å². The first-order chi connectivity index (χ1) is 13.5. The molecule has 4 rings (SSSR count). The summed E-state index contributed by atoms with van der Waals surface area (Å²) in [6.07, 6.45) is 4.22. The van der Waals surface area contributed by atoms with Crippen LogP contribution < -0.4 is 11.3 Å². The number of fused-ring (bicyclic) bond motifs is 1. The molecule has 0 aliphatic carbocycles. The summed E-state index contributed by atoms with van der Waals surface area (Å²) in [6, 6.07) is 3.06. The van der Waals surface area contributed by atoms with Gasteiger partial charge in [0, 0.05) is 18.1 Å². The van der Waals surface area contributed by atoms with E-state index in [1.54, 1.807) is 12.3 Å². The van der Waals surface area contributed by atoms with Gasteiger partial charge in [-0.25, -0.2) is 22.7 Å². The summed E-state index contributed by atoms with van der Waals surface area (Å²) in [6.45, 7) is 0.